The van der Waals surface area contributed by atoms with Gasteiger partial charge >= 0.3 is 0 Å². The van der Waals surface area contributed by atoms with Crippen molar-refractivity contribution in [1.29, 1.82) is 0 Å². The van der Waals surface area contributed by atoms with E-state index in [1.165, 1.54) is 12.1 Å². The van der Waals surface area contributed by atoms with Gasteiger partial charge in [0.2, 0.25) is 0 Å². The van der Waals surface area contributed by atoms with Crippen molar-refractivity contribution in [3.05, 3.63) is 88.2 Å². The topological polar surface area (TPSA) is 50.2 Å². The quantitative estimate of drug-likeness (QED) is 0.322. The van der Waals surface area contributed by atoms with E-state index in [0.29, 0.717) is 21.7 Å². The fourth-order valence-corrected chi connectivity index (χ4v) is 2.94. The SMILES string of the molecule is Fc1ccc(C=NNc2nc(-c3ccc(Cl)c(Cl)c3)nc3ccccc23)cc1. The number of anilines is 1. The zero-order valence-corrected chi connectivity index (χ0v) is 15.9. The first kappa shape index (κ1) is 18.3. The highest BCUT2D eigenvalue weighted by atomic mass is 35.5. The average Bonchev–Trinajstić information content (AvgIpc) is 2.71. The monoisotopic (exact) mass is 410 g/mol. The molecule has 4 aromatic rings. The summed E-state index contributed by atoms with van der Waals surface area (Å²) < 4.78 is 13.0. The molecule has 4 nitrogen and oxygen atoms in total. The molecule has 0 aliphatic carbocycles. The second kappa shape index (κ2) is 7.92. The molecule has 1 aromatic heterocycles. The van der Waals surface area contributed by atoms with Crippen LogP contribution in [-0.2, 0) is 0 Å². The minimum atomic E-state index is -0.293. The highest BCUT2D eigenvalue weighted by molar-refractivity contribution is 6.42. The van der Waals surface area contributed by atoms with Gasteiger partial charge in [0.25, 0.3) is 0 Å². The largest absolute Gasteiger partial charge is 0.261 e. The maximum absolute atomic E-state index is 13.0. The van der Waals surface area contributed by atoms with Crippen molar-refractivity contribution in [2.24, 2.45) is 5.10 Å². The van der Waals surface area contributed by atoms with E-state index in [1.54, 1.807) is 30.5 Å². The normalized spacial score (nSPS) is 11.2. The molecule has 0 radical (unpaired) electrons. The maximum Gasteiger partial charge on any atom is 0.162 e. The van der Waals surface area contributed by atoms with Crippen LogP contribution in [0, 0.1) is 5.82 Å². The van der Waals surface area contributed by atoms with E-state index in [4.69, 9.17) is 23.2 Å². The van der Waals surface area contributed by atoms with Gasteiger partial charge in [0.15, 0.2) is 11.6 Å². The molecule has 0 amide bonds. The summed E-state index contributed by atoms with van der Waals surface area (Å²) in [6, 6.07) is 18.9. The molecule has 0 aliphatic heterocycles. The number of para-hydroxylation sites is 1. The molecule has 0 atom stereocenters. The van der Waals surface area contributed by atoms with Crippen LogP contribution in [0.2, 0.25) is 10.0 Å². The molecule has 3 aromatic carbocycles. The molecule has 0 saturated heterocycles. The zero-order chi connectivity index (χ0) is 19.5. The smallest absolute Gasteiger partial charge is 0.162 e. The van der Waals surface area contributed by atoms with Crippen LogP contribution in [0.1, 0.15) is 5.56 Å². The molecule has 0 fully saturated rings. The summed E-state index contributed by atoms with van der Waals surface area (Å²) in [4.78, 5) is 9.20. The summed E-state index contributed by atoms with van der Waals surface area (Å²) in [5.41, 5.74) is 5.22. The van der Waals surface area contributed by atoms with Crippen molar-refractivity contribution >= 4 is 46.1 Å². The highest BCUT2D eigenvalue weighted by Crippen LogP contribution is 2.29. The van der Waals surface area contributed by atoms with Gasteiger partial charge in [-0.1, -0.05) is 47.5 Å². The molecule has 7 heteroatoms. The average molecular weight is 411 g/mol. The Morgan fingerprint density at radius 1 is 0.893 bits per heavy atom. The van der Waals surface area contributed by atoms with E-state index < -0.39 is 0 Å². The summed E-state index contributed by atoms with van der Waals surface area (Å²) in [5.74, 6) is 0.750. The zero-order valence-electron chi connectivity index (χ0n) is 14.4. The number of aromatic nitrogens is 2. The van der Waals surface area contributed by atoms with Gasteiger partial charge < -0.3 is 0 Å². The summed E-state index contributed by atoms with van der Waals surface area (Å²) in [6.45, 7) is 0. The van der Waals surface area contributed by atoms with Crippen molar-refractivity contribution in [3.8, 4) is 11.4 Å². The van der Waals surface area contributed by atoms with Crippen molar-refractivity contribution in [1.82, 2.24) is 9.97 Å². The molecule has 0 spiro atoms. The van der Waals surface area contributed by atoms with E-state index in [9.17, 15) is 4.39 Å². The maximum atomic E-state index is 13.0. The fraction of sp³-hybridized carbons (Fsp3) is 0. The molecule has 0 unspecified atom stereocenters. The number of hydrazone groups is 1. The Morgan fingerprint density at radius 3 is 2.46 bits per heavy atom. The van der Waals surface area contributed by atoms with Crippen LogP contribution in [0.3, 0.4) is 0 Å². The Labute approximate surface area is 170 Å². The number of nitrogens with one attached hydrogen (secondary N) is 1. The molecular weight excluding hydrogens is 398 g/mol. The Bertz CT molecular complexity index is 1180. The van der Waals surface area contributed by atoms with Gasteiger partial charge in [-0.2, -0.15) is 5.10 Å². The highest BCUT2D eigenvalue weighted by Gasteiger charge is 2.10. The van der Waals surface area contributed by atoms with Crippen LogP contribution >= 0.6 is 23.2 Å². The molecule has 138 valence electrons. The van der Waals surface area contributed by atoms with Crippen LogP contribution < -0.4 is 5.43 Å². The number of halogens is 3. The molecule has 1 heterocycles. The first-order chi connectivity index (χ1) is 13.6. The predicted octanol–water partition coefficient (Wildman–Crippen LogP) is 6.19. The third-order valence-corrected chi connectivity index (χ3v) is 4.77. The van der Waals surface area contributed by atoms with Gasteiger partial charge in [-0.3, -0.25) is 5.43 Å². The van der Waals surface area contributed by atoms with Crippen molar-refractivity contribution < 1.29 is 4.39 Å². The van der Waals surface area contributed by atoms with Crippen LogP contribution in [0.15, 0.2) is 71.8 Å². The predicted molar refractivity (Wildman–Crippen MR) is 113 cm³/mol. The Morgan fingerprint density at radius 2 is 1.68 bits per heavy atom. The number of nitrogens with zero attached hydrogens (tertiary/aromatic N) is 3. The van der Waals surface area contributed by atoms with Gasteiger partial charge in [-0.25, -0.2) is 14.4 Å². The second-order valence-electron chi connectivity index (χ2n) is 5.96. The summed E-state index contributed by atoms with van der Waals surface area (Å²) in [5, 5.41) is 5.94. The molecule has 4 rings (SSSR count). The lowest BCUT2D eigenvalue weighted by Gasteiger charge is -2.09. The summed E-state index contributed by atoms with van der Waals surface area (Å²) in [6.07, 6.45) is 1.59. The molecule has 0 bridgehead atoms. The summed E-state index contributed by atoms with van der Waals surface area (Å²) >= 11 is 12.1. The van der Waals surface area contributed by atoms with Crippen LogP contribution in [0.4, 0.5) is 10.2 Å². The Balaban J connectivity index is 1.71. The van der Waals surface area contributed by atoms with Crippen molar-refractivity contribution in [2.75, 3.05) is 5.43 Å². The van der Waals surface area contributed by atoms with Gasteiger partial charge in [0.1, 0.15) is 5.82 Å². The van der Waals surface area contributed by atoms with E-state index in [1.807, 2.05) is 30.3 Å². The third-order valence-electron chi connectivity index (χ3n) is 4.04. The molecule has 28 heavy (non-hydrogen) atoms. The summed E-state index contributed by atoms with van der Waals surface area (Å²) in [7, 11) is 0. The van der Waals surface area contributed by atoms with Crippen LogP contribution in [0.5, 0.6) is 0 Å². The second-order valence-corrected chi connectivity index (χ2v) is 6.78. The van der Waals surface area contributed by atoms with Gasteiger partial charge in [-0.05, 0) is 48.0 Å². The van der Waals surface area contributed by atoms with E-state index >= 15 is 0 Å². The Hall–Kier alpha value is -3.02. The molecule has 0 aliphatic rings. The number of benzene rings is 3. The number of hydrogen-bond donors (Lipinski definition) is 1. The van der Waals surface area contributed by atoms with Gasteiger partial charge in [0, 0.05) is 10.9 Å². The first-order valence-corrected chi connectivity index (χ1v) is 9.12. The number of fused-ring (bicyclic) bond motifs is 1. The van der Waals surface area contributed by atoms with E-state index in [-0.39, 0.29) is 5.82 Å². The van der Waals surface area contributed by atoms with Crippen molar-refractivity contribution in [3.63, 3.8) is 0 Å². The molecular formula is C21H13Cl2FN4. The minimum Gasteiger partial charge on any atom is -0.261 e. The molecule has 1 N–H and O–H groups in total. The standard InChI is InChI=1S/C21H13Cl2FN4/c22-17-10-7-14(11-18(17)23)20-26-19-4-2-1-3-16(19)21(27-20)28-25-12-13-5-8-15(24)9-6-13/h1-12H,(H,26,27,28). The van der Waals surface area contributed by atoms with E-state index in [2.05, 4.69) is 20.5 Å². The number of hydrogen-bond acceptors (Lipinski definition) is 4. The van der Waals surface area contributed by atoms with Gasteiger partial charge in [-0.15, -0.1) is 0 Å². The third kappa shape index (κ3) is 3.96. The Kier molecular flexibility index (Phi) is 5.19. The molecule has 0 saturated carbocycles. The van der Waals surface area contributed by atoms with Crippen molar-refractivity contribution in [2.45, 2.75) is 0 Å². The first-order valence-electron chi connectivity index (χ1n) is 8.37. The number of rotatable bonds is 4. The van der Waals surface area contributed by atoms with Crippen LogP contribution in [0.25, 0.3) is 22.3 Å². The van der Waals surface area contributed by atoms with Crippen LogP contribution in [-0.4, -0.2) is 16.2 Å². The van der Waals surface area contributed by atoms with Gasteiger partial charge in [0.05, 0.1) is 21.8 Å². The lowest BCUT2D eigenvalue weighted by molar-refractivity contribution is 0.628. The minimum absolute atomic E-state index is 0.293. The fourth-order valence-electron chi connectivity index (χ4n) is 2.64. The lowest BCUT2D eigenvalue weighted by Crippen LogP contribution is -1.99. The lowest BCUT2D eigenvalue weighted by atomic mass is 10.2. The van der Waals surface area contributed by atoms with E-state index in [0.717, 1.165) is 22.0 Å².